The van der Waals surface area contributed by atoms with Crippen molar-refractivity contribution in [2.75, 3.05) is 0 Å². The van der Waals surface area contributed by atoms with Crippen LogP contribution in [0.2, 0.25) is 0 Å². The van der Waals surface area contributed by atoms with Gasteiger partial charge < -0.3 is 51.1 Å². The minimum absolute atomic E-state index is 0. The molecule has 0 aliphatic rings. The molecule has 0 amide bonds. The van der Waals surface area contributed by atoms with E-state index in [1.165, 1.54) is 0 Å². The van der Waals surface area contributed by atoms with Crippen molar-refractivity contribution < 1.29 is 73.7 Å². The minimum Gasteiger partial charge on any atom is -0.550 e. The van der Waals surface area contributed by atoms with E-state index >= 15 is 0 Å². The summed E-state index contributed by atoms with van der Waals surface area (Å²) < 4.78 is 0. The number of carboxylic acid groups (broad SMARTS) is 4. The molecular formula is C10H14Fe2N2O8. The van der Waals surface area contributed by atoms with Crippen LogP contribution in [0.25, 0.3) is 0 Å². The maximum Gasteiger partial charge on any atom is 2.00 e. The van der Waals surface area contributed by atoms with Gasteiger partial charge in [-0.25, -0.2) is 0 Å². The Morgan fingerprint density at radius 1 is 0.682 bits per heavy atom. The van der Waals surface area contributed by atoms with Crippen molar-refractivity contribution >= 4 is 23.9 Å². The summed E-state index contributed by atoms with van der Waals surface area (Å²) >= 11 is 0. The third kappa shape index (κ3) is 21.1. The molecule has 0 bridgehead atoms. The normalized spacial score (nSPS) is 11.4. The molecule has 0 unspecified atom stereocenters. The van der Waals surface area contributed by atoms with Gasteiger partial charge in [0.15, 0.2) is 0 Å². The molecule has 0 radical (unpaired) electrons. The second-order valence-corrected chi connectivity index (χ2v) is 3.67. The molecule has 12 heteroatoms. The fourth-order valence-electron chi connectivity index (χ4n) is 0.782. The fourth-order valence-corrected chi connectivity index (χ4v) is 0.782. The average molecular weight is 402 g/mol. The predicted molar refractivity (Wildman–Crippen MR) is 54.4 cm³/mol. The molecule has 0 saturated heterocycles. The van der Waals surface area contributed by atoms with Crippen LogP contribution in [0.1, 0.15) is 25.7 Å². The van der Waals surface area contributed by atoms with Crippen molar-refractivity contribution in [2.24, 2.45) is 11.5 Å². The number of aliphatic carboxylic acids is 4. The van der Waals surface area contributed by atoms with Crippen molar-refractivity contribution in [1.29, 1.82) is 0 Å². The Morgan fingerprint density at radius 3 is 1.05 bits per heavy atom. The van der Waals surface area contributed by atoms with Crippen molar-refractivity contribution in [3.63, 3.8) is 0 Å². The first-order valence-electron chi connectivity index (χ1n) is 5.40. The van der Waals surface area contributed by atoms with Gasteiger partial charge >= 0.3 is 34.1 Å². The predicted octanol–water partition coefficient (Wildman–Crippen LogP) is -6.82. The van der Waals surface area contributed by atoms with Crippen LogP contribution in [-0.2, 0) is 53.3 Å². The number of hydrogen-bond donors (Lipinski definition) is 2. The van der Waals surface area contributed by atoms with E-state index in [4.69, 9.17) is 11.5 Å². The van der Waals surface area contributed by atoms with Gasteiger partial charge in [0, 0.05) is 24.0 Å². The Bertz CT molecular complexity index is 333. The standard InChI is InChI=1S/2C5H9NO4.2Fe/c2*6-3(5(9)10)1-2-4(7)8;;/h2*3H,1-2,6H2,(H,7,8)(H,9,10);;/q;;2*+2/p-4/t2*3-;;/m00../s1. The molecule has 0 aromatic carbocycles. The zero-order valence-electron chi connectivity index (χ0n) is 11.1. The van der Waals surface area contributed by atoms with Crippen LogP contribution in [0.5, 0.6) is 0 Å². The average Bonchev–Trinajstić information content (AvgIpc) is 2.33. The van der Waals surface area contributed by atoms with Crippen molar-refractivity contribution in [1.82, 2.24) is 0 Å². The van der Waals surface area contributed by atoms with Crippen LogP contribution in [0.15, 0.2) is 0 Å². The quantitative estimate of drug-likeness (QED) is 0.366. The summed E-state index contributed by atoms with van der Waals surface area (Å²) in [6.07, 6.45) is -1.00. The Labute approximate surface area is 147 Å². The summed E-state index contributed by atoms with van der Waals surface area (Å²) in [5.41, 5.74) is 9.82. The molecule has 22 heavy (non-hydrogen) atoms. The minimum atomic E-state index is -1.44. The number of carbonyl (C=O) groups is 4. The molecule has 0 aliphatic heterocycles. The summed E-state index contributed by atoms with van der Waals surface area (Å²) in [6, 6.07) is -2.42. The molecule has 0 aliphatic carbocycles. The van der Waals surface area contributed by atoms with Crippen LogP contribution in [0.3, 0.4) is 0 Å². The van der Waals surface area contributed by atoms with Crippen molar-refractivity contribution in [2.45, 2.75) is 37.8 Å². The van der Waals surface area contributed by atoms with Crippen LogP contribution in [0, 0.1) is 0 Å². The molecular weight excluding hydrogens is 388 g/mol. The third-order valence-electron chi connectivity index (χ3n) is 1.92. The molecule has 2 atom stereocenters. The van der Waals surface area contributed by atoms with E-state index in [-0.39, 0.29) is 59.8 Å². The molecule has 0 heterocycles. The van der Waals surface area contributed by atoms with Gasteiger partial charge in [-0.05, 0) is 25.7 Å². The zero-order chi connectivity index (χ0) is 16.3. The van der Waals surface area contributed by atoms with Crippen molar-refractivity contribution in [3.05, 3.63) is 0 Å². The van der Waals surface area contributed by atoms with E-state index in [0.717, 1.165) is 0 Å². The second kappa shape index (κ2) is 16.2. The zero-order valence-corrected chi connectivity index (χ0v) is 13.3. The number of carboxylic acids is 4. The Kier molecular flexibility index (Phi) is 21.3. The number of nitrogens with two attached hydrogens (primary N) is 2. The molecule has 0 spiro atoms. The first-order chi connectivity index (χ1) is 9.07. The van der Waals surface area contributed by atoms with Crippen LogP contribution in [-0.4, -0.2) is 36.0 Å². The topological polar surface area (TPSA) is 213 Å². The summed E-state index contributed by atoms with van der Waals surface area (Å²) in [7, 11) is 0. The number of rotatable bonds is 8. The SMILES string of the molecule is N[C@@H](CCC(=O)[O-])C(=O)[O-].N[C@@H](CCC(=O)[O-])C(=O)[O-].[Fe+2].[Fe+2]. The summed E-state index contributed by atoms with van der Waals surface area (Å²) in [5.74, 6) is -5.50. The molecule has 0 saturated carbocycles. The fraction of sp³-hybridized carbons (Fsp3) is 0.600. The van der Waals surface area contributed by atoms with Crippen LogP contribution in [0.4, 0.5) is 0 Å². The third-order valence-corrected chi connectivity index (χ3v) is 1.92. The van der Waals surface area contributed by atoms with E-state index < -0.39 is 36.0 Å². The Morgan fingerprint density at radius 2 is 0.909 bits per heavy atom. The molecule has 128 valence electrons. The number of hydrogen-bond acceptors (Lipinski definition) is 10. The first kappa shape index (κ1) is 28.9. The second-order valence-electron chi connectivity index (χ2n) is 3.67. The van der Waals surface area contributed by atoms with Crippen molar-refractivity contribution in [3.8, 4) is 0 Å². The van der Waals surface area contributed by atoms with Gasteiger partial charge in [0.05, 0.1) is 11.9 Å². The van der Waals surface area contributed by atoms with Gasteiger partial charge in [-0.1, -0.05) is 0 Å². The first-order valence-corrected chi connectivity index (χ1v) is 5.40. The molecule has 10 nitrogen and oxygen atoms in total. The molecule has 4 N–H and O–H groups in total. The van der Waals surface area contributed by atoms with E-state index in [9.17, 15) is 39.6 Å². The van der Waals surface area contributed by atoms with E-state index in [2.05, 4.69) is 0 Å². The maximum absolute atomic E-state index is 9.86. The van der Waals surface area contributed by atoms with Gasteiger partial charge in [0.2, 0.25) is 0 Å². The van der Waals surface area contributed by atoms with E-state index in [1.807, 2.05) is 0 Å². The van der Waals surface area contributed by atoms with Gasteiger partial charge in [0.25, 0.3) is 0 Å². The smallest absolute Gasteiger partial charge is 0.550 e. The molecule has 0 rings (SSSR count). The Hall–Kier alpha value is -1.16. The van der Waals surface area contributed by atoms with Crippen LogP contribution >= 0.6 is 0 Å². The maximum atomic E-state index is 9.86. The molecule has 0 aromatic heterocycles. The van der Waals surface area contributed by atoms with Gasteiger partial charge in [-0.2, -0.15) is 0 Å². The van der Waals surface area contributed by atoms with Gasteiger partial charge in [-0.15, -0.1) is 0 Å². The van der Waals surface area contributed by atoms with Gasteiger partial charge in [-0.3, -0.25) is 0 Å². The molecule has 0 fully saturated rings. The van der Waals surface area contributed by atoms with Gasteiger partial charge in [0.1, 0.15) is 0 Å². The summed E-state index contributed by atoms with van der Waals surface area (Å²) in [5, 5.41) is 39.2. The summed E-state index contributed by atoms with van der Waals surface area (Å²) in [4.78, 5) is 39.2. The molecule has 0 aromatic rings. The summed E-state index contributed by atoms with van der Waals surface area (Å²) in [6.45, 7) is 0. The van der Waals surface area contributed by atoms with E-state index in [1.54, 1.807) is 0 Å². The monoisotopic (exact) mass is 402 g/mol. The number of carbonyl (C=O) groups excluding carboxylic acids is 4. The Balaban J connectivity index is -0.000000135. The van der Waals surface area contributed by atoms with E-state index in [0.29, 0.717) is 0 Å². The largest absolute Gasteiger partial charge is 2.00 e. The van der Waals surface area contributed by atoms with Crippen LogP contribution < -0.4 is 31.9 Å².